The summed E-state index contributed by atoms with van der Waals surface area (Å²) in [5.41, 5.74) is 8.04. The molecule has 0 saturated heterocycles. The highest BCUT2D eigenvalue weighted by Gasteiger charge is 2.10. The van der Waals surface area contributed by atoms with Gasteiger partial charge in [-0.25, -0.2) is 8.42 Å². The summed E-state index contributed by atoms with van der Waals surface area (Å²) in [6, 6.07) is 11.7. The second kappa shape index (κ2) is 8.54. The Labute approximate surface area is 158 Å². The monoisotopic (exact) mass is 390 g/mol. The molecule has 0 heterocycles. The maximum absolute atomic E-state index is 12.1. The average molecular weight is 390 g/mol. The van der Waals surface area contributed by atoms with E-state index in [1.54, 1.807) is 0 Å². The number of carbonyl (C=O) groups excluding carboxylic acids is 2. The first kappa shape index (κ1) is 20.2. The summed E-state index contributed by atoms with van der Waals surface area (Å²) >= 11 is 0. The van der Waals surface area contributed by atoms with E-state index in [1.165, 1.54) is 24.3 Å². The molecule has 0 aliphatic carbocycles. The molecule has 0 bridgehead atoms. The molecule has 0 aromatic heterocycles. The van der Waals surface area contributed by atoms with E-state index in [4.69, 9.17) is 0 Å². The van der Waals surface area contributed by atoms with Crippen LogP contribution in [0.15, 0.2) is 42.5 Å². The second-order valence-corrected chi connectivity index (χ2v) is 7.88. The van der Waals surface area contributed by atoms with E-state index in [9.17, 15) is 18.0 Å². The van der Waals surface area contributed by atoms with Gasteiger partial charge in [0.2, 0.25) is 10.0 Å². The average Bonchev–Trinajstić information content (AvgIpc) is 2.57. The molecule has 0 saturated carbocycles. The Kier molecular flexibility index (Phi) is 6.40. The minimum atomic E-state index is -3.45. The number of anilines is 2. The summed E-state index contributed by atoms with van der Waals surface area (Å²) in [5, 5.41) is 3.00. The number of rotatable bonds is 6. The summed E-state index contributed by atoms with van der Waals surface area (Å²) in [4.78, 5) is 24.0. The van der Waals surface area contributed by atoms with Crippen LogP contribution in [0.1, 0.15) is 21.5 Å². The lowest BCUT2D eigenvalue weighted by Crippen LogP contribution is -2.44. The van der Waals surface area contributed by atoms with E-state index in [0.29, 0.717) is 0 Å². The molecule has 9 heteroatoms. The van der Waals surface area contributed by atoms with Crippen molar-refractivity contribution in [2.75, 3.05) is 22.8 Å². The van der Waals surface area contributed by atoms with Gasteiger partial charge >= 0.3 is 0 Å². The first-order valence-corrected chi connectivity index (χ1v) is 10.0. The van der Waals surface area contributed by atoms with Crippen molar-refractivity contribution in [3.63, 3.8) is 0 Å². The van der Waals surface area contributed by atoms with Gasteiger partial charge in [-0.2, -0.15) is 0 Å². The highest BCUT2D eigenvalue weighted by molar-refractivity contribution is 7.92. The topological polar surface area (TPSA) is 116 Å². The fourth-order valence-electron chi connectivity index (χ4n) is 2.37. The van der Waals surface area contributed by atoms with E-state index >= 15 is 0 Å². The quantitative estimate of drug-likeness (QED) is 0.559. The number of hydrogen-bond acceptors (Lipinski definition) is 5. The van der Waals surface area contributed by atoms with Crippen LogP contribution < -0.4 is 20.9 Å². The predicted molar refractivity (Wildman–Crippen MR) is 105 cm³/mol. The van der Waals surface area contributed by atoms with Crippen molar-refractivity contribution in [1.29, 1.82) is 0 Å². The Hall–Kier alpha value is -3.07. The smallest absolute Gasteiger partial charge is 0.269 e. The Bertz CT molecular complexity index is 958. The number of aryl methyl sites for hydroxylation is 2. The molecule has 8 nitrogen and oxygen atoms in total. The third kappa shape index (κ3) is 6.63. The van der Waals surface area contributed by atoms with Crippen molar-refractivity contribution >= 4 is 33.2 Å². The summed E-state index contributed by atoms with van der Waals surface area (Å²) in [7, 11) is -3.45. The van der Waals surface area contributed by atoms with Crippen LogP contribution >= 0.6 is 0 Å². The molecular weight excluding hydrogens is 368 g/mol. The van der Waals surface area contributed by atoms with Gasteiger partial charge in [0.25, 0.3) is 11.8 Å². The van der Waals surface area contributed by atoms with E-state index < -0.39 is 21.8 Å². The number of sulfonamides is 1. The minimum absolute atomic E-state index is 0.0140. The molecule has 4 N–H and O–H groups in total. The van der Waals surface area contributed by atoms with Crippen molar-refractivity contribution in [2.45, 2.75) is 13.8 Å². The largest absolute Gasteiger partial charge is 0.376 e. The van der Waals surface area contributed by atoms with Crippen LogP contribution in [-0.4, -0.2) is 33.0 Å². The number of amides is 2. The maximum atomic E-state index is 12.1. The predicted octanol–water partition coefficient (Wildman–Crippen LogP) is 1.55. The number of benzene rings is 2. The molecule has 27 heavy (non-hydrogen) atoms. The second-order valence-electron chi connectivity index (χ2n) is 6.13. The van der Waals surface area contributed by atoms with Gasteiger partial charge in [0.1, 0.15) is 0 Å². The summed E-state index contributed by atoms with van der Waals surface area (Å²) in [5.74, 6) is -0.985. The molecule has 144 valence electrons. The van der Waals surface area contributed by atoms with Crippen LogP contribution in [0.3, 0.4) is 0 Å². The molecule has 2 aromatic rings. The van der Waals surface area contributed by atoms with E-state index in [2.05, 4.69) is 20.9 Å². The van der Waals surface area contributed by atoms with Crippen LogP contribution in [-0.2, 0) is 14.8 Å². The standard InChI is InChI=1S/C18H22N4O4S/c1-12-7-8-16(13(2)9-12)19-11-17(23)20-21-18(24)14-5-4-6-15(10-14)22-27(3,25)26/h4-10,19,22H,11H2,1-3H3,(H,20,23)(H,21,24). The van der Waals surface area contributed by atoms with Gasteiger partial charge in [0.15, 0.2) is 0 Å². The van der Waals surface area contributed by atoms with Crippen molar-refractivity contribution in [3.8, 4) is 0 Å². The lowest BCUT2D eigenvalue weighted by atomic mass is 10.1. The summed E-state index contributed by atoms with van der Waals surface area (Å²) in [6.45, 7) is 3.91. The van der Waals surface area contributed by atoms with Gasteiger partial charge in [0, 0.05) is 16.9 Å². The number of nitrogens with one attached hydrogen (secondary N) is 4. The van der Waals surface area contributed by atoms with Gasteiger partial charge < -0.3 is 5.32 Å². The number of hydrazine groups is 1. The normalized spacial score (nSPS) is 10.8. The molecule has 0 aliphatic rings. The molecular formula is C18H22N4O4S. The first-order chi connectivity index (χ1) is 12.6. The first-order valence-electron chi connectivity index (χ1n) is 8.12. The van der Waals surface area contributed by atoms with E-state index in [0.717, 1.165) is 23.1 Å². The molecule has 2 amide bonds. The van der Waals surface area contributed by atoms with Crippen molar-refractivity contribution in [3.05, 3.63) is 59.2 Å². The lowest BCUT2D eigenvalue weighted by Gasteiger charge is -2.12. The third-order valence-corrected chi connectivity index (χ3v) is 4.17. The molecule has 0 aliphatic heterocycles. The van der Waals surface area contributed by atoms with Crippen molar-refractivity contribution in [1.82, 2.24) is 10.9 Å². The van der Waals surface area contributed by atoms with Gasteiger partial charge in [-0.05, 0) is 43.7 Å². The zero-order valence-electron chi connectivity index (χ0n) is 15.3. The lowest BCUT2D eigenvalue weighted by molar-refractivity contribution is -0.120. The van der Waals surface area contributed by atoms with Crippen molar-refractivity contribution < 1.29 is 18.0 Å². The van der Waals surface area contributed by atoms with E-state index in [-0.39, 0.29) is 17.8 Å². The van der Waals surface area contributed by atoms with Crippen LogP contribution in [0.5, 0.6) is 0 Å². The van der Waals surface area contributed by atoms with Crippen LogP contribution in [0, 0.1) is 13.8 Å². The fourth-order valence-corrected chi connectivity index (χ4v) is 2.92. The van der Waals surface area contributed by atoms with Crippen LogP contribution in [0.4, 0.5) is 11.4 Å². The number of hydrogen-bond donors (Lipinski definition) is 4. The molecule has 0 fully saturated rings. The van der Waals surface area contributed by atoms with Crippen LogP contribution in [0.25, 0.3) is 0 Å². The summed E-state index contributed by atoms with van der Waals surface area (Å²) < 4.78 is 24.8. The molecule has 0 spiro atoms. The zero-order chi connectivity index (χ0) is 20.0. The van der Waals surface area contributed by atoms with E-state index in [1.807, 2.05) is 32.0 Å². The highest BCUT2D eigenvalue weighted by Crippen LogP contribution is 2.15. The number of carbonyl (C=O) groups is 2. The van der Waals surface area contributed by atoms with Crippen LogP contribution in [0.2, 0.25) is 0 Å². The highest BCUT2D eigenvalue weighted by atomic mass is 32.2. The Morgan fingerprint density at radius 2 is 1.74 bits per heavy atom. The Morgan fingerprint density at radius 3 is 2.41 bits per heavy atom. The Morgan fingerprint density at radius 1 is 1.00 bits per heavy atom. The van der Waals surface area contributed by atoms with Gasteiger partial charge in [-0.1, -0.05) is 23.8 Å². The fraction of sp³-hybridized carbons (Fsp3) is 0.222. The summed E-state index contributed by atoms with van der Waals surface area (Å²) in [6.07, 6.45) is 1.02. The van der Waals surface area contributed by atoms with Gasteiger partial charge in [-0.15, -0.1) is 0 Å². The third-order valence-electron chi connectivity index (χ3n) is 3.56. The zero-order valence-corrected chi connectivity index (χ0v) is 16.1. The molecule has 0 unspecified atom stereocenters. The molecule has 2 rings (SSSR count). The minimum Gasteiger partial charge on any atom is -0.376 e. The van der Waals surface area contributed by atoms with Gasteiger partial charge in [-0.3, -0.25) is 25.2 Å². The Balaban J connectivity index is 1.87. The van der Waals surface area contributed by atoms with Gasteiger partial charge in [0.05, 0.1) is 12.8 Å². The molecule has 0 atom stereocenters. The van der Waals surface area contributed by atoms with Crippen molar-refractivity contribution in [2.24, 2.45) is 0 Å². The molecule has 2 aromatic carbocycles. The molecule has 0 radical (unpaired) electrons. The maximum Gasteiger partial charge on any atom is 0.269 e. The SMILES string of the molecule is Cc1ccc(NCC(=O)NNC(=O)c2cccc(NS(C)(=O)=O)c2)c(C)c1.